The van der Waals surface area contributed by atoms with E-state index in [9.17, 15) is 14.0 Å². The molecule has 3 aromatic rings. The van der Waals surface area contributed by atoms with Crippen molar-refractivity contribution in [2.45, 2.75) is 6.04 Å². The predicted octanol–water partition coefficient (Wildman–Crippen LogP) is 1.94. The van der Waals surface area contributed by atoms with Gasteiger partial charge in [-0.3, -0.25) is 9.59 Å². The molecule has 144 valence electrons. The third-order valence-corrected chi connectivity index (χ3v) is 4.11. The van der Waals surface area contributed by atoms with E-state index in [0.717, 1.165) is 0 Å². The summed E-state index contributed by atoms with van der Waals surface area (Å²) < 4.78 is 21.3. The van der Waals surface area contributed by atoms with Gasteiger partial charge in [-0.2, -0.15) is 0 Å². The number of rotatable bonds is 7. The number of nitrogens with two attached hydrogens (primary N) is 1. The number of carbonyl (C=O) groups excluding carboxylic acids is 2. The summed E-state index contributed by atoms with van der Waals surface area (Å²) in [5.74, 6) is -0.529. The number of amides is 2. The highest BCUT2D eigenvalue weighted by molar-refractivity contribution is 5.94. The molecule has 0 fully saturated rings. The fourth-order valence-corrected chi connectivity index (χ4v) is 2.72. The zero-order valence-electron chi connectivity index (χ0n) is 15.1. The zero-order chi connectivity index (χ0) is 20.1. The maximum absolute atomic E-state index is 14.4. The first-order valence-corrected chi connectivity index (χ1v) is 8.49. The summed E-state index contributed by atoms with van der Waals surface area (Å²) in [7, 11) is 1.77. The summed E-state index contributed by atoms with van der Waals surface area (Å²) in [5, 5.41) is 2.83. The van der Waals surface area contributed by atoms with Crippen molar-refractivity contribution >= 4 is 11.8 Å². The van der Waals surface area contributed by atoms with Crippen molar-refractivity contribution in [3.8, 4) is 5.75 Å². The molecule has 0 radical (unpaired) electrons. The van der Waals surface area contributed by atoms with Gasteiger partial charge in [0.25, 0.3) is 11.8 Å². The molecule has 0 bridgehead atoms. The van der Waals surface area contributed by atoms with Gasteiger partial charge in [0.2, 0.25) is 0 Å². The molecular formula is C20H19FN4O3. The van der Waals surface area contributed by atoms with Crippen LogP contribution in [0, 0.1) is 5.82 Å². The number of primary amides is 1. The Kier molecular flexibility index (Phi) is 5.69. The number of ether oxygens (including phenoxy) is 1. The molecule has 0 aliphatic rings. The maximum Gasteiger partial charge on any atom is 0.255 e. The maximum atomic E-state index is 14.4. The van der Waals surface area contributed by atoms with Crippen LogP contribution in [0.3, 0.4) is 0 Å². The van der Waals surface area contributed by atoms with Crippen LogP contribution in [-0.2, 0) is 11.8 Å². The van der Waals surface area contributed by atoms with E-state index < -0.39 is 23.7 Å². The summed E-state index contributed by atoms with van der Waals surface area (Å²) in [6.07, 6.45) is 3.31. The van der Waals surface area contributed by atoms with Crippen LogP contribution in [0.1, 0.15) is 27.8 Å². The van der Waals surface area contributed by atoms with E-state index in [1.165, 1.54) is 6.07 Å². The Balaban J connectivity index is 1.83. The number of imidazole rings is 1. The van der Waals surface area contributed by atoms with Gasteiger partial charge in [-0.25, -0.2) is 9.37 Å². The lowest BCUT2D eigenvalue weighted by molar-refractivity contribution is -0.119. The number of aryl methyl sites for hydroxylation is 1. The number of carbonyl (C=O) groups is 2. The van der Waals surface area contributed by atoms with Crippen LogP contribution >= 0.6 is 0 Å². The van der Waals surface area contributed by atoms with Gasteiger partial charge in [-0.1, -0.05) is 18.2 Å². The van der Waals surface area contributed by atoms with Gasteiger partial charge in [0.1, 0.15) is 23.4 Å². The van der Waals surface area contributed by atoms with Crippen LogP contribution in [0.25, 0.3) is 0 Å². The first-order chi connectivity index (χ1) is 13.5. The minimum Gasteiger partial charge on any atom is -0.484 e. The molecule has 7 nitrogen and oxygen atoms in total. The monoisotopic (exact) mass is 382 g/mol. The molecule has 1 aromatic heterocycles. The minimum atomic E-state index is -0.764. The van der Waals surface area contributed by atoms with E-state index in [2.05, 4.69) is 10.3 Å². The Morgan fingerprint density at radius 1 is 1.21 bits per heavy atom. The van der Waals surface area contributed by atoms with Gasteiger partial charge in [0.05, 0.1) is 0 Å². The second-order valence-corrected chi connectivity index (χ2v) is 6.10. The Labute approximate surface area is 161 Å². The average Bonchev–Trinajstić information content (AvgIpc) is 3.11. The Hall–Kier alpha value is -3.68. The van der Waals surface area contributed by atoms with Crippen molar-refractivity contribution in [3.05, 3.63) is 83.7 Å². The van der Waals surface area contributed by atoms with Crippen molar-refractivity contribution in [1.29, 1.82) is 0 Å². The molecule has 2 amide bonds. The largest absolute Gasteiger partial charge is 0.484 e. The van der Waals surface area contributed by atoms with Crippen molar-refractivity contribution in [1.82, 2.24) is 14.9 Å². The molecule has 0 aliphatic heterocycles. The van der Waals surface area contributed by atoms with Gasteiger partial charge < -0.3 is 20.4 Å². The highest BCUT2D eigenvalue weighted by atomic mass is 19.1. The Morgan fingerprint density at radius 2 is 1.93 bits per heavy atom. The van der Waals surface area contributed by atoms with Gasteiger partial charge >= 0.3 is 0 Å². The van der Waals surface area contributed by atoms with Crippen LogP contribution in [0.5, 0.6) is 5.75 Å². The minimum absolute atomic E-state index is 0.250. The van der Waals surface area contributed by atoms with Gasteiger partial charge in [0.15, 0.2) is 6.61 Å². The normalized spacial score (nSPS) is 11.6. The smallest absolute Gasteiger partial charge is 0.255 e. The second-order valence-electron chi connectivity index (χ2n) is 6.10. The molecular weight excluding hydrogens is 363 g/mol. The fourth-order valence-electron chi connectivity index (χ4n) is 2.72. The summed E-state index contributed by atoms with van der Waals surface area (Å²) in [5.41, 5.74) is 5.69. The van der Waals surface area contributed by atoms with E-state index in [0.29, 0.717) is 22.7 Å². The van der Waals surface area contributed by atoms with Crippen molar-refractivity contribution < 1.29 is 18.7 Å². The van der Waals surface area contributed by atoms with Crippen LogP contribution in [0.2, 0.25) is 0 Å². The van der Waals surface area contributed by atoms with E-state index in [1.807, 2.05) is 0 Å². The number of benzene rings is 2. The molecule has 0 saturated carbocycles. The van der Waals surface area contributed by atoms with Crippen molar-refractivity contribution in [2.24, 2.45) is 12.8 Å². The first-order valence-electron chi connectivity index (χ1n) is 8.49. The standard InChI is InChI=1S/C20H19FN4O3/c1-25-11-10-23-19(25)18(15-4-2-3-5-16(15)21)24-20(27)13-6-8-14(9-7-13)28-12-17(22)26/h2-11,18H,12H2,1H3,(H2,22,26)(H,24,27)/t18-/m0/s1. The summed E-state index contributed by atoms with van der Waals surface area (Å²) in [4.78, 5) is 27.8. The number of nitrogens with zero attached hydrogens (tertiary/aromatic N) is 2. The molecule has 3 rings (SSSR count). The summed E-state index contributed by atoms with van der Waals surface area (Å²) in [6.45, 7) is -0.250. The lowest BCUT2D eigenvalue weighted by atomic mass is 10.0. The quantitative estimate of drug-likeness (QED) is 0.652. The third kappa shape index (κ3) is 4.35. The van der Waals surface area contributed by atoms with Gasteiger partial charge in [-0.15, -0.1) is 0 Å². The van der Waals surface area contributed by atoms with Gasteiger partial charge in [-0.05, 0) is 30.3 Å². The molecule has 0 aliphatic carbocycles. The predicted molar refractivity (Wildman–Crippen MR) is 100 cm³/mol. The Morgan fingerprint density at radius 3 is 2.54 bits per heavy atom. The molecule has 0 saturated heterocycles. The van der Waals surface area contributed by atoms with E-state index in [-0.39, 0.29) is 6.61 Å². The van der Waals surface area contributed by atoms with E-state index in [1.54, 1.807) is 66.5 Å². The second kappa shape index (κ2) is 8.34. The third-order valence-electron chi connectivity index (χ3n) is 4.11. The number of aromatic nitrogens is 2. The summed E-state index contributed by atoms with van der Waals surface area (Å²) in [6, 6.07) is 11.7. The molecule has 0 unspecified atom stereocenters. The Bertz CT molecular complexity index is 985. The summed E-state index contributed by atoms with van der Waals surface area (Å²) >= 11 is 0. The zero-order valence-corrected chi connectivity index (χ0v) is 15.1. The molecule has 1 atom stereocenters. The molecule has 3 N–H and O–H groups in total. The lowest BCUT2D eigenvalue weighted by Gasteiger charge is -2.20. The number of hydrogen-bond donors (Lipinski definition) is 2. The SMILES string of the molecule is Cn1ccnc1[C@@H](NC(=O)c1ccc(OCC(N)=O)cc1)c1ccccc1F. The topological polar surface area (TPSA) is 99.2 Å². The number of halogens is 1. The average molecular weight is 382 g/mol. The molecule has 1 heterocycles. The van der Waals surface area contributed by atoms with E-state index in [4.69, 9.17) is 10.5 Å². The number of nitrogens with one attached hydrogen (secondary N) is 1. The van der Waals surface area contributed by atoms with E-state index >= 15 is 0 Å². The van der Waals surface area contributed by atoms with Crippen molar-refractivity contribution in [2.75, 3.05) is 6.61 Å². The van der Waals surface area contributed by atoms with Crippen LogP contribution < -0.4 is 15.8 Å². The van der Waals surface area contributed by atoms with Gasteiger partial charge in [0, 0.05) is 30.6 Å². The molecule has 0 spiro atoms. The van der Waals surface area contributed by atoms with Crippen LogP contribution in [-0.4, -0.2) is 28.0 Å². The number of hydrogen-bond acceptors (Lipinski definition) is 4. The highest BCUT2D eigenvalue weighted by Gasteiger charge is 2.24. The van der Waals surface area contributed by atoms with Crippen LogP contribution in [0.15, 0.2) is 60.9 Å². The molecule has 28 heavy (non-hydrogen) atoms. The molecule has 2 aromatic carbocycles. The highest BCUT2D eigenvalue weighted by Crippen LogP contribution is 2.24. The fraction of sp³-hybridized carbons (Fsp3) is 0.150. The lowest BCUT2D eigenvalue weighted by Crippen LogP contribution is -2.31. The first kappa shape index (κ1) is 19.1. The van der Waals surface area contributed by atoms with Crippen molar-refractivity contribution in [3.63, 3.8) is 0 Å². The van der Waals surface area contributed by atoms with Crippen LogP contribution in [0.4, 0.5) is 4.39 Å². The molecule has 8 heteroatoms.